The van der Waals surface area contributed by atoms with Crippen LogP contribution in [0.2, 0.25) is 0 Å². The van der Waals surface area contributed by atoms with E-state index in [1.807, 2.05) is 0 Å². The summed E-state index contributed by atoms with van der Waals surface area (Å²) in [6.07, 6.45) is 0. The highest BCUT2D eigenvalue weighted by molar-refractivity contribution is 6.00. The molecule has 0 saturated heterocycles. The van der Waals surface area contributed by atoms with Gasteiger partial charge < -0.3 is 14.2 Å². The summed E-state index contributed by atoms with van der Waals surface area (Å²) >= 11 is 0. The number of nitrogens with zero attached hydrogens (tertiary/aromatic N) is 3. The summed E-state index contributed by atoms with van der Waals surface area (Å²) in [6, 6.07) is 7.22. The number of carbonyl (C=O) groups is 1. The van der Waals surface area contributed by atoms with Gasteiger partial charge >= 0.3 is 5.97 Å². The number of halogens is 3. The van der Waals surface area contributed by atoms with Gasteiger partial charge in [0.1, 0.15) is 29.0 Å². The number of carbonyl (C=O) groups excluding carboxylic acids is 1. The fourth-order valence-corrected chi connectivity index (χ4v) is 3.69. The Kier molecular flexibility index (Phi) is 6.14. The number of fused-ring (bicyclic) bond motifs is 1. The van der Waals surface area contributed by atoms with Crippen LogP contribution in [0.5, 0.6) is 11.5 Å². The van der Waals surface area contributed by atoms with E-state index in [-0.39, 0.29) is 46.1 Å². The number of aryl methyl sites for hydroxylation is 1. The fraction of sp³-hybridized carbons (Fsp3) is 0.208. The van der Waals surface area contributed by atoms with Gasteiger partial charge in [-0.3, -0.25) is 0 Å². The zero-order valence-electron chi connectivity index (χ0n) is 18.8. The number of pyridine rings is 1. The number of rotatable bonds is 6. The third kappa shape index (κ3) is 4.02. The molecule has 4 rings (SSSR count). The third-order valence-electron chi connectivity index (χ3n) is 5.15. The Morgan fingerprint density at radius 2 is 1.62 bits per heavy atom. The Labute approximate surface area is 192 Å². The monoisotopic (exact) mass is 471 g/mol. The van der Waals surface area contributed by atoms with Gasteiger partial charge in [-0.1, -0.05) is 0 Å². The number of esters is 1. The summed E-state index contributed by atoms with van der Waals surface area (Å²) in [5, 5.41) is 4.69. The van der Waals surface area contributed by atoms with E-state index in [0.717, 1.165) is 12.1 Å². The van der Waals surface area contributed by atoms with Crippen LogP contribution in [0.15, 0.2) is 36.4 Å². The molecule has 0 unspecified atom stereocenters. The van der Waals surface area contributed by atoms with Gasteiger partial charge in [-0.2, -0.15) is 5.10 Å². The summed E-state index contributed by atoms with van der Waals surface area (Å²) < 4.78 is 60.7. The van der Waals surface area contributed by atoms with Crippen molar-refractivity contribution in [2.75, 3.05) is 20.8 Å². The van der Waals surface area contributed by atoms with Crippen molar-refractivity contribution in [3.05, 3.63) is 65.2 Å². The summed E-state index contributed by atoms with van der Waals surface area (Å²) in [5.74, 6) is -2.97. The molecule has 176 valence electrons. The maximum atomic E-state index is 15.1. The molecule has 0 saturated carbocycles. The molecule has 0 aliphatic carbocycles. The molecular weight excluding hydrogens is 451 g/mol. The van der Waals surface area contributed by atoms with Crippen molar-refractivity contribution in [2.24, 2.45) is 0 Å². The highest BCUT2D eigenvalue weighted by atomic mass is 19.1. The Morgan fingerprint density at radius 3 is 2.24 bits per heavy atom. The van der Waals surface area contributed by atoms with E-state index in [9.17, 15) is 9.18 Å². The molecule has 0 radical (unpaired) electrons. The number of benzene rings is 2. The second kappa shape index (κ2) is 9.05. The maximum Gasteiger partial charge on any atom is 0.357 e. The van der Waals surface area contributed by atoms with Crippen LogP contribution in [0.25, 0.3) is 27.8 Å². The number of methoxy groups -OCH3 is 2. The average molecular weight is 471 g/mol. The summed E-state index contributed by atoms with van der Waals surface area (Å²) in [5.41, 5.74) is 0.135. The quantitative estimate of drug-likeness (QED) is 0.368. The molecule has 0 spiro atoms. The van der Waals surface area contributed by atoms with Gasteiger partial charge in [0.05, 0.1) is 43.2 Å². The zero-order chi connectivity index (χ0) is 24.6. The van der Waals surface area contributed by atoms with E-state index in [1.165, 1.54) is 43.2 Å². The fourth-order valence-electron chi connectivity index (χ4n) is 3.69. The molecule has 0 atom stereocenters. The molecule has 34 heavy (non-hydrogen) atoms. The molecule has 0 fully saturated rings. The Morgan fingerprint density at radius 1 is 0.971 bits per heavy atom. The Hall–Kier alpha value is -4.08. The van der Waals surface area contributed by atoms with Gasteiger partial charge in [-0.05, 0) is 26.0 Å². The minimum atomic E-state index is -0.904. The lowest BCUT2D eigenvalue weighted by Gasteiger charge is -2.12. The van der Waals surface area contributed by atoms with Gasteiger partial charge in [0.15, 0.2) is 11.3 Å². The van der Waals surface area contributed by atoms with E-state index >= 15 is 8.78 Å². The molecule has 2 aromatic heterocycles. The van der Waals surface area contributed by atoms with Crippen molar-refractivity contribution in [2.45, 2.75) is 13.8 Å². The third-order valence-corrected chi connectivity index (χ3v) is 5.15. The van der Waals surface area contributed by atoms with Gasteiger partial charge in [0, 0.05) is 29.8 Å². The topological polar surface area (TPSA) is 75.5 Å². The normalized spacial score (nSPS) is 11.0. The first kappa shape index (κ1) is 23.1. The van der Waals surface area contributed by atoms with Crippen molar-refractivity contribution in [1.82, 2.24) is 14.8 Å². The SMILES string of the molecule is CCOC(=O)c1cc(-c2c(F)cc(OC)cc2F)c2c(C)nn(-c3cc(F)cc(OC)c3)c2n1. The molecule has 2 aromatic carbocycles. The van der Waals surface area contributed by atoms with Crippen molar-refractivity contribution in [3.8, 4) is 28.3 Å². The lowest BCUT2D eigenvalue weighted by Crippen LogP contribution is -2.09. The zero-order valence-corrected chi connectivity index (χ0v) is 18.8. The number of hydrogen-bond acceptors (Lipinski definition) is 6. The standard InChI is InChI=1S/C24H20F3N3O4/c1-5-34-24(31)20-11-17(22-18(26)9-16(33-4)10-19(22)27)21-12(2)29-30(23(21)28-20)14-6-13(25)7-15(8-14)32-3/h6-11H,5H2,1-4H3. The summed E-state index contributed by atoms with van der Waals surface area (Å²) in [4.78, 5) is 16.9. The van der Waals surface area contributed by atoms with E-state index in [0.29, 0.717) is 5.69 Å². The van der Waals surface area contributed by atoms with Crippen LogP contribution in [-0.4, -0.2) is 41.6 Å². The second-order valence-corrected chi connectivity index (χ2v) is 7.29. The van der Waals surface area contributed by atoms with Gasteiger partial charge in [0.25, 0.3) is 0 Å². The first-order valence-electron chi connectivity index (χ1n) is 10.2. The molecule has 2 heterocycles. The number of aromatic nitrogens is 3. The molecular formula is C24H20F3N3O4. The van der Waals surface area contributed by atoms with Crippen LogP contribution in [0.4, 0.5) is 13.2 Å². The largest absolute Gasteiger partial charge is 0.497 e. The van der Waals surface area contributed by atoms with E-state index in [1.54, 1.807) is 13.8 Å². The summed E-state index contributed by atoms with van der Waals surface area (Å²) in [6.45, 7) is 3.30. The highest BCUT2D eigenvalue weighted by Gasteiger charge is 2.25. The molecule has 0 aliphatic rings. The lowest BCUT2D eigenvalue weighted by molar-refractivity contribution is 0.0520. The minimum absolute atomic E-state index is 0.00561. The van der Waals surface area contributed by atoms with E-state index in [2.05, 4.69) is 10.1 Å². The van der Waals surface area contributed by atoms with Gasteiger partial charge in [-0.15, -0.1) is 0 Å². The molecule has 7 nitrogen and oxygen atoms in total. The molecule has 0 amide bonds. The average Bonchev–Trinajstić information content (AvgIpc) is 3.14. The second-order valence-electron chi connectivity index (χ2n) is 7.29. The van der Waals surface area contributed by atoms with Crippen LogP contribution in [-0.2, 0) is 4.74 Å². The predicted octanol–water partition coefficient (Wildman–Crippen LogP) is 5.01. The van der Waals surface area contributed by atoms with Crippen molar-refractivity contribution in [1.29, 1.82) is 0 Å². The van der Waals surface area contributed by atoms with Gasteiger partial charge in [0.2, 0.25) is 0 Å². The van der Waals surface area contributed by atoms with E-state index in [4.69, 9.17) is 14.2 Å². The van der Waals surface area contributed by atoms with Crippen LogP contribution in [0.3, 0.4) is 0 Å². The minimum Gasteiger partial charge on any atom is -0.497 e. The first-order chi connectivity index (χ1) is 16.3. The lowest BCUT2D eigenvalue weighted by atomic mass is 9.99. The van der Waals surface area contributed by atoms with Crippen molar-refractivity contribution < 1.29 is 32.2 Å². The smallest absolute Gasteiger partial charge is 0.357 e. The number of hydrogen-bond donors (Lipinski definition) is 0. The maximum absolute atomic E-state index is 15.1. The molecule has 0 bridgehead atoms. The van der Waals surface area contributed by atoms with Crippen LogP contribution >= 0.6 is 0 Å². The molecule has 0 N–H and O–H groups in total. The number of ether oxygens (including phenoxy) is 3. The highest BCUT2D eigenvalue weighted by Crippen LogP contribution is 2.37. The first-order valence-corrected chi connectivity index (χ1v) is 10.2. The van der Waals surface area contributed by atoms with Crippen molar-refractivity contribution in [3.63, 3.8) is 0 Å². The Bertz CT molecular complexity index is 1400. The predicted molar refractivity (Wildman–Crippen MR) is 118 cm³/mol. The van der Waals surface area contributed by atoms with Crippen LogP contribution in [0, 0.1) is 24.4 Å². The van der Waals surface area contributed by atoms with Crippen LogP contribution < -0.4 is 9.47 Å². The summed E-state index contributed by atoms with van der Waals surface area (Å²) in [7, 11) is 2.67. The molecule has 0 aliphatic heterocycles. The molecule has 4 aromatic rings. The van der Waals surface area contributed by atoms with Crippen LogP contribution in [0.1, 0.15) is 23.1 Å². The van der Waals surface area contributed by atoms with Gasteiger partial charge in [-0.25, -0.2) is 27.6 Å². The Balaban J connectivity index is 2.08. The van der Waals surface area contributed by atoms with E-state index < -0.39 is 29.0 Å². The molecule has 10 heteroatoms. The van der Waals surface area contributed by atoms with Crippen molar-refractivity contribution >= 4 is 17.0 Å².